The van der Waals surface area contributed by atoms with Crippen LogP contribution in [-0.4, -0.2) is 31.7 Å². The molecule has 3 heterocycles. The number of hydrogen-bond donors (Lipinski definition) is 3. The Hall–Kier alpha value is -4.00. The summed E-state index contributed by atoms with van der Waals surface area (Å²) in [6.07, 6.45) is 8.40. The van der Waals surface area contributed by atoms with Crippen LogP contribution in [0.2, 0.25) is 0 Å². The lowest BCUT2D eigenvalue weighted by atomic mass is 10.2. The van der Waals surface area contributed by atoms with E-state index in [1.807, 2.05) is 73.7 Å². The molecule has 1 aromatic carbocycles. The van der Waals surface area contributed by atoms with Crippen LogP contribution in [0.25, 0.3) is 12.2 Å². The van der Waals surface area contributed by atoms with Gasteiger partial charge in [-0.05, 0) is 42.7 Å². The van der Waals surface area contributed by atoms with Gasteiger partial charge in [-0.25, -0.2) is 9.97 Å². The van der Waals surface area contributed by atoms with E-state index in [0.29, 0.717) is 17.5 Å². The van der Waals surface area contributed by atoms with E-state index < -0.39 is 0 Å². The molecule has 0 aliphatic heterocycles. The van der Waals surface area contributed by atoms with Crippen molar-refractivity contribution in [2.45, 2.75) is 13.3 Å². The fourth-order valence-electron chi connectivity index (χ4n) is 2.93. The summed E-state index contributed by atoms with van der Waals surface area (Å²) in [7, 11) is 0. The number of aromatic amines is 1. The van der Waals surface area contributed by atoms with Crippen molar-refractivity contribution in [2.75, 3.05) is 17.2 Å². The highest BCUT2D eigenvalue weighted by atomic mass is 15.2. The summed E-state index contributed by atoms with van der Waals surface area (Å²) in [6.45, 7) is 2.71. The van der Waals surface area contributed by atoms with Gasteiger partial charge in [-0.15, -0.1) is 0 Å². The van der Waals surface area contributed by atoms with Gasteiger partial charge >= 0.3 is 0 Å². The van der Waals surface area contributed by atoms with Gasteiger partial charge in [-0.1, -0.05) is 36.4 Å². The third kappa shape index (κ3) is 5.51. The highest BCUT2D eigenvalue weighted by Gasteiger charge is 2.06. The van der Waals surface area contributed by atoms with Crippen molar-refractivity contribution in [3.8, 4) is 0 Å². The number of nitrogens with one attached hydrogen (secondary N) is 3. The van der Waals surface area contributed by atoms with E-state index >= 15 is 0 Å². The number of pyridine rings is 1. The zero-order chi connectivity index (χ0) is 20.6. The lowest BCUT2D eigenvalue weighted by Crippen LogP contribution is -2.08. The Morgan fingerprint density at radius 2 is 1.70 bits per heavy atom. The minimum Gasteiger partial charge on any atom is -0.370 e. The monoisotopic (exact) mass is 397 g/mol. The first kappa shape index (κ1) is 19.3. The molecule has 0 fully saturated rings. The maximum Gasteiger partial charge on any atom is 0.156 e. The number of nitrogens with zero attached hydrogens (tertiary/aromatic N) is 4. The van der Waals surface area contributed by atoms with Crippen LogP contribution < -0.4 is 10.6 Å². The largest absolute Gasteiger partial charge is 0.370 e. The van der Waals surface area contributed by atoms with E-state index in [1.165, 1.54) is 5.56 Å². The predicted octanol–water partition coefficient (Wildman–Crippen LogP) is 4.47. The summed E-state index contributed by atoms with van der Waals surface area (Å²) in [6, 6.07) is 17.9. The number of aromatic nitrogens is 5. The first-order chi connectivity index (χ1) is 14.7. The second kappa shape index (κ2) is 9.47. The third-order valence-corrected chi connectivity index (χ3v) is 4.40. The maximum absolute atomic E-state index is 4.64. The maximum atomic E-state index is 4.64. The van der Waals surface area contributed by atoms with Crippen LogP contribution >= 0.6 is 0 Å². The molecule has 0 amide bonds. The van der Waals surface area contributed by atoms with Crippen LogP contribution in [0.5, 0.6) is 0 Å². The number of benzene rings is 1. The molecular formula is C23H23N7. The summed E-state index contributed by atoms with van der Waals surface area (Å²) < 4.78 is 0. The molecule has 0 saturated carbocycles. The Morgan fingerprint density at radius 3 is 2.47 bits per heavy atom. The predicted molar refractivity (Wildman–Crippen MR) is 120 cm³/mol. The highest BCUT2D eigenvalue weighted by Crippen LogP contribution is 2.18. The van der Waals surface area contributed by atoms with Crippen molar-refractivity contribution >= 4 is 29.6 Å². The summed E-state index contributed by atoms with van der Waals surface area (Å²) in [5.41, 5.74) is 3.29. The Morgan fingerprint density at radius 1 is 0.900 bits per heavy atom. The summed E-state index contributed by atoms with van der Waals surface area (Å²) in [5, 5.41) is 13.8. The summed E-state index contributed by atoms with van der Waals surface area (Å²) in [5.74, 6) is 2.76. The molecule has 7 nitrogen and oxygen atoms in total. The van der Waals surface area contributed by atoms with Gasteiger partial charge in [0.25, 0.3) is 0 Å². The number of aryl methyl sites for hydroxylation is 1. The van der Waals surface area contributed by atoms with Crippen molar-refractivity contribution in [3.63, 3.8) is 0 Å². The van der Waals surface area contributed by atoms with E-state index in [1.54, 1.807) is 12.4 Å². The average molecular weight is 397 g/mol. The lowest BCUT2D eigenvalue weighted by Gasteiger charge is -2.09. The molecule has 0 spiro atoms. The van der Waals surface area contributed by atoms with Crippen LogP contribution in [0.4, 0.5) is 17.5 Å². The molecule has 4 rings (SSSR count). The van der Waals surface area contributed by atoms with Crippen LogP contribution in [0.3, 0.4) is 0 Å². The Kier molecular flexibility index (Phi) is 6.10. The van der Waals surface area contributed by atoms with Crippen molar-refractivity contribution in [1.82, 2.24) is 25.1 Å². The molecule has 0 saturated heterocycles. The molecule has 3 N–H and O–H groups in total. The fourth-order valence-corrected chi connectivity index (χ4v) is 2.93. The number of anilines is 3. The zero-order valence-electron chi connectivity index (χ0n) is 16.7. The molecule has 0 radical (unpaired) electrons. The van der Waals surface area contributed by atoms with Crippen molar-refractivity contribution in [3.05, 3.63) is 89.6 Å². The average Bonchev–Trinajstić information content (AvgIpc) is 3.18. The van der Waals surface area contributed by atoms with E-state index in [9.17, 15) is 0 Å². The second-order valence-corrected chi connectivity index (χ2v) is 6.83. The van der Waals surface area contributed by atoms with E-state index in [0.717, 1.165) is 30.0 Å². The van der Waals surface area contributed by atoms with Gasteiger partial charge in [0.15, 0.2) is 11.6 Å². The standard InChI is InChI=1S/C23H23N7/c1-17-15-23(30-29-17)28-22-16-21(25-14-11-19-9-12-24-13-10-19)26-20(27-22)8-7-18-5-3-2-4-6-18/h2-10,12-13,15-16H,11,14H2,1H3,(H3,25,26,27,28,29,30)/b8-7+. The zero-order valence-corrected chi connectivity index (χ0v) is 16.7. The summed E-state index contributed by atoms with van der Waals surface area (Å²) in [4.78, 5) is 13.3. The number of H-pyrrole nitrogens is 1. The van der Waals surface area contributed by atoms with E-state index in [4.69, 9.17) is 0 Å². The fraction of sp³-hybridized carbons (Fsp3) is 0.130. The van der Waals surface area contributed by atoms with Crippen molar-refractivity contribution in [2.24, 2.45) is 0 Å². The third-order valence-electron chi connectivity index (χ3n) is 4.40. The number of rotatable bonds is 8. The molecule has 30 heavy (non-hydrogen) atoms. The SMILES string of the molecule is Cc1cc(Nc2cc(NCCc3ccncc3)nc(/C=C/c3ccccc3)n2)n[nH]1. The van der Waals surface area contributed by atoms with Crippen LogP contribution in [0, 0.1) is 6.92 Å². The van der Waals surface area contributed by atoms with Gasteiger partial charge in [-0.3, -0.25) is 10.1 Å². The molecule has 0 aliphatic carbocycles. The molecular weight excluding hydrogens is 374 g/mol. The Labute approximate surface area is 175 Å². The van der Waals surface area contributed by atoms with Crippen LogP contribution in [0.15, 0.2) is 67.0 Å². The molecule has 0 unspecified atom stereocenters. The molecule has 0 bridgehead atoms. The summed E-state index contributed by atoms with van der Waals surface area (Å²) >= 11 is 0. The molecule has 3 aromatic heterocycles. The van der Waals surface area contributed by atoms with E-state index in [2.05, 4.69) is 35.8 Å². The molecule has 0 aliphatic rings. The minimum absolute atomic E-state index is 0.613. The Balaban J connectivity index is 1.52. The normalized spacial score (nSPS) is 11.0. The number of hydrogen-bond acceptors (Lipinski definition) is 6. The van der Waals surface area contributed by atoms with Gasteiger partial charge in [0.2, 0.25) is 0 Å². The topological polar surface area (TPSA) is 91.4 Å². The van der Waals surface area contributed by atoms with Crippen molar-refractivity contribution < 1.29 is 0 Å². The van der Waals surface area contributed by atoms with Gasteiger partial charge in [0.1, 0.15) is 11.6 Å². The van der Waals surface area contributed by atoms with Crippen molar-refractivity contribution in [1.29, 1.82) is 0 Å². The van der Waals surface area contributed by atoms with Gasteiger partial charge in [0.05, 0.1) is 0 Å². The highest BCUT2D eigenvalue weighted by molar-refractivity contribution is 5.68. The first-order valence-electron chi connectivity index (χ1n) is 9.79. The molecule has 4 aromatic rings. The quantitative estimate of drug-likeness (QED) is 0.406. The van der Waals surface area contributed by atoms with Gasteiger partial charge in [-0.2, -0.15) is 5.10 Å². The smallest absolute Gasteiger partial charge is 0.156 e. The molecule has 0 atom stereocenters. The van der Waals surface area contributed by atoms with E-state index in [-0.39, 0.29) is 0 Å². The van der Waals surface area contributed by atoms with Crippen LogP contribution in [-0.2, 0) is 6.42 Å². The molecule has 7 heteroatoms. The van der Waals surface area contributed by atoms with Gasteiger partial charge in [0, 0.05) is 36.8 Å². The Bertz CT molecular complexity index is 1100. The first-order valence-corrected chi connectivity index (χ1v) is 9.79. The minimum atomic E-state index is 0.613. The lowest BCUT2D eigenvalue weighted by molar-refractivity contribution is 0.991. The van der Waals surface area contributed by atoms with Gasteiger partial charge < -0.3 is 10.6 Å². The van der Waals surface area contributed by atoms with Crippen LogP contribution in [0.1, 0.15) is 22.6 Å². The molecule has 150 valence electrons. The second-order valence-electron chi connectivity index (χ2n) is 6.83.